The van der Waals surface area contributed by atoms with Gasteiger partial charge in [0, 0.05) is 28.4 Å². The van der Waals surface area contributed by atoms with Gasteiger partial charge in [-0.25, -0.2) is 9.97 Å². The molecule has 0 amide bonds. The fourth-order valence-electron chi connectivity index (χ4n) is 4.89. The molecule has 8 bridgehead atoms. The molecule has 199 valence electrons. The second-order valence-electron chi connectivity index (χ2n) is 8.68. The van der Waals surface area contributed by atoms with Crippen molar-refractivity contribution in [2.45, 2.75) is 0 Å². The van der Waals surface area contributed by atoms with Gasteiger partial charge in [0.2, 0.25) is 0 Å². The molecule has 0 aliphatic carbocycles. The van der Waals surface area contributed by atoms with E-state index < -0.39 is 0 Å². The molecule has 5 heterocycles. The molecular formula is C30H26CoN4O4. The van der Waals surface area contributed by atoms with Gasteiger partial charge in [0.25, 0.3) is 0 Å². The molecule has 8 nitrogen and oxygen atoms in total. The van der Waals surface area contributed by atoms with E-state index in [-0.39, 0.29) is 16.8 Å². The molecule has 0 spiro atoms. The van der Waals surface area contributed by atoms with Gasteiger partial charge >= 0.3 is 0 Å². The van der Waals surface area contributed by atoms with Gasteiger partial charge in [-0.2, -0.15) is 0 Å². The second kappa shape index (κ2) is 10.7. The van der Waals surface area contributed by atoms with Gasteiger partial charge in [-0.3, -0.25) is 0 Å². The summed E-state index contributed by atoms with van der Waals surface area (Å²) < 4.78 is 23.2. The number of methoxy groups -OCH3 is 4. The number of fused-ring (bicyclic) bond motifs is 8. The first kappa shape index (κ1) is 26.1. The summed E-state index contributed by atoms with van der Waals surface area (Å²) in [5.41, 5.74) is 7.73. The van der Waals surface area contributed by atoms with Crippen LogP contribution in [0.1, 0.15) is 22.8 Å². The van der Waals surface area contributed by atoms with E-state index in [9.17, 15) is 0 Å². The maximum Gasteiger partial charge on any atom is 0.171 e. The van der Waals surface area contributed by atoms with Gasteiger partial charge in [0.1, 0.15) is 28.3 Å². The number of aromatic nitrogens is 4. The zero-order chi connectivity index (χ0) is 26.2. The summed E-state index contributed by atoms with van der Waals surface area (Å²) >= 11 is 0. The van der Waals surface area contributed by atoms with Gasteiger partial charge in [-0.05, 0) is 42.0 Å². The number of hydrogen-bond acceptors (Lipinski definition) is 6. The Morgan fingerprint density at radius 3 is 1.67 bits per heavy atom. The summed E-state index contributed by atoms with van der Waals surface area (Å²) in [7, 11) is 6.52. The summed E-state index contributed by atoms with van der Waals surface area (Å²) in [6, 6.07) is 16.0. The van der Waals surface area contributed by atoms with Crippen molar-refractivity contribution in [3.63, 3.8) is 0 Å². The zero-order valence-electron chi connectivity index (χ0n) is 21.8. The third-order valence-corrected chi connectivity index (χ3v) is 6.58. The molecule has 2 N–H and O–H groups in total. The van der Waals surface area contributed by atoms with E-state index in [0.717, 1.165) is 33.4 Å². The zero-order valence-corrected chi connectivity index (χ0v) is 22.8. The van der Waals surface area contributed by atoms with Gasteiger partial charge in [0.15, 0.2) is 17.2 Å². The second-order valence-corrected chi connectivity index (χ2v) is 8.68. The van der Waals surface area contributed by atoms with E-state index in [4.69, 9.17) is 28.9 Å². The maximum atomic E-state index is 5.87. The van der Waals surface area contributed by atoms with E-state index in [1.807, 2.05) is 60.7 Å². The average molecular weight is 565 g/mol. The van der Waals surface area contributed by atoms with Gasteiger partial charge in [0.05, 0.1) is 50.7 Å². The fourth-order valence-corrected chi connectivity index (χ4v) is 4.89. The van der Waals surface area contributed by atoms with Crippen molar-refractivity contribution < 1.29 is 35.7 Å². The molecule has 1 aromatic carbocycles. The Kier molecular flexibility index (Phi) is 7.19. The summed E-state index contributed by atoms with van der Waals surface area (Å²) in [6.07, 6.45) is 7.74. The SMILES string of the molecule is COc1c2nc(c(-c3ccccc3)c3cc(OC)c([nH]3)c(OC)c3nc(c(OC)c4ccc1[nH]4)C=C3)C=C2.[Co]. The van der Waals surface area contributed by atoms with Crippen LogP contribution in [0.25, 0.3) is 57.5 Å². The van der Waals surface area contributed by atoms with E-state index in [0.29, 0.717) is 45.6 Å². The summed E-state index contributed by atoms with van der Waals surface area (Å²) in [5, 5.41) is 0. The molecule has 0 saturated heterocycles. The molecule has 9 heteroatoms. The van der Waals surface area contributed by atoms with Gasteiger partial charge in [-0.15, -0.1) is 0 Å². The van der Waals surface area contributed by atoms with Crippen molar-refractivity contribution in [3.05, 3.63) is 71.3 Å². The van der Waals surface area contributed by atoms with E-state index in [2.05, 4.69) is 22.1 Å². The van der Waals surface area contributed by atoms with Crippen LogP contribution < -0.4 is 18.9 Å². The van der Waals surface area contributed by atoms with E-state index >= 15 is 0 Å². The van der Waals surface area contributed by atoms with Crippen molar-refractivity contribution in [3.8, 4) is 34.1 Å². The molecule has 0 fully saturated rings. The predicted octanol–water partition coefficient (Wildman–Crippen LogP) is 6.35. The Morgan fingerprint density at radius 2 is 1.10 bits per heavy atom. The van der Waals surface area contributed by atoms with Crippen molar-refractivity contribution in [2.75, 3.05) is 28.4 Å². The Bertz CT molecular complexity index is 1770. The van der Waals surface area contributed by atoms with Crippen LogP contribution in [0.4, 0.5) is 0 Å². The molecule has 3 aromatic heterocycles. The van der Waals surface area contributed by atoms with Gasteiger partial charge < -0.3 is 28.9 Å². The van der Waals surface area contributed by atoms with Crippen LogP contribution in [0.5, 0.6) is 23.0 Å². The van der Waals surface area contributed by atoms with Crippen LogP contribution in [-0.4, -0.2) is 48.4 Å². The standard InChI is InChI=1S/C30H26N4O4.Co/c1-35-25-16-24-26(17-8-6-5-7-9-17)18-10-11-19(31-18)28(36-2)20-12-13-21(32-20)29(37-3)22-14-15-23(33-22)30(38-4)27(25)34-24;/h5-16,32,34H,1-4H3;. The van der Waals surface area contributed by atoms with Crippen molar-refractivity contribution in [2.24, 2.45) is 0 Å². The summed E-state index contributed by atoms with van der Waals surface area (Å²) in [4.78, 5) is 16.8. The average Bonchev–Trinajstić information content (AvgIpc) is 3.75. The number of H-pyrrole nitrogens is 2. The number of hydrogen-bond donors (Lipinski definition) is 2. The largest absolute Gasteiger partial charge is 0.494 e. The molecule has 6 rings (SSSR count). The first-order valence-electron chi connectivity index (χ1n) is 12.1. The topological polar surface area (TPSA) is 94.3 Å². The molecule has 0 unspecified atom stereocenters. The van der Waals surface area contributed by atoms with Crippen LogP contribution in [-0.2, 0) is 16.8 Å². The quantitative estimate of drug-likeness (QED) is 0.253. The maximum absolute atomic E-state index is 5.87. The number of benzene rings is 1. The molecule has 2 aliphatic rings. The third-order valence-electron chi connectivity index (χ3n) is 6.58. The van der Waals surface area contributed by atoms with Crippen molar-refractivity contribution in [1.82, 2.24) is 19.9 Å². The molecule has 4 aromatic rings. The minimum atomic E-state index is 0. The minimum Gasteiger partial charge on any atom is -0.494 e. The predicted molar refractivity (Wildman–Crippen MR) is 151 cm³/mol. The van der Waals surface area contributed by atoms with Crippen LogP contribution in [0.2, 0.25) is 0 Å². The summed E-state index contributed by atoms with van der Waals surface area (Å²) in [6.45, 7) is 0. The number of aromatic amines is 2. The molecule has 39 heavy (non-hydrogen) atoms. The van der Waals surface area contributed by atoms with Crippen LogP contribution >= 0.6 is 0 Å². The number of ether oxygens (including phenoxy) is 4. The molecule has 0 atom stereocenters. The molecule has 2 aliphatic heterocycles. The number of nitrogens with zero attached hydrogens (tertiary/aromatic N) is 2. The smallest absolute Gasteiger partial charge is 0.171 e. The van der Waals surface area contributed by atoms with Crippen molar-refractivity contribution in [1.29, 1.82) is 0 Å². The number of rotatable bonds is 5. The van der Waals surface area contributed by atoms with Crippen LogP contribution in [0.3, 0.4) is 0 Å². The Balaban J connectivity index is 0.00000308. The normalized spacial score (nSPS) is 11.7. The fraction of sp³-hybridized carbons (Fsp3) is 0.133. The molecule has 0 saturated carbocycles. The van der Waals surface area contributed by atoms with Crippen molar-refractivity contribution >= 4 is 46.4 Å². The third kappa shape index (κ3) is 4.45. The van der Waals surface area contributed by atoms with Crippen LogP contribution in [0.15, 0.2) is 48.5 Å². The molecule has 1 radical (unpaired) electrons. The molecular weight excluding hydrogens is 539 g/mol. The Labute approximate surface area is 235 Å². The van der Waals surface area contributed by atoms with Gasteiger partial charge in [-0.1, -0.05) is 30.3 Å². The first-order chi connectivity index (χ1) is 18.6. The Hall–Kier alpha value is -4.47. The summed E-state index contributed by atoms with van der Waals surface area (Å²) in [5.74, 6) is 2.39. The minimum absolute atomic E-state index is 0. The Morgan fingerprint density at radius 1 is 0.564 bits per heavy atom. The monoisotopic (exact) mass is 565 g/mol. The number of nitrogens with one attached hydrogen (secondary N) is 2. The van der Waals surface area contributed by atoms with E-state index in [1.54, 1.807) is 28.4 Å². The first-order valence-corrected chi connectivity index (χ1v) is 12.1. The van der Waals surface area contributed by atoms with E-state index in [1.165, 1.54) is 0 Å². The van der Waals surface area contributed by atoms with Crippen LogP contribution in [0, 0.1) is 0 Å².